The fraction of sp³-hybridized carbons (Fsp3) is 0.167. The number of aromatic nitrogens is 1. The Balaban J connectivity index is 2.28. The van der Waals surface area contributed by atoms with Gasteiger partial charge in [0.05, 0.1) is 12.1 Å². The molecule has 0 unspecified atom stereocenters. The summed E-state index contributed by atoms with van der Waals surface area (Å²) in [6.45, 7) is 4.49. The van der Waals surface area contributed by atoms with Gasteiger partial charge in [-0.05, 0) is 36.6 Å². The summed E-state index contributed by atoms with van der Waals surface area (Å²) in [5.74, 6) is 0. The number of nitrogens with zero attached hydrogens (tertiary/aromatic N) is 1. The Labute approximate surface area is 128 Å². The summed E-state index contributed by atoms with van der Waals surface area (Å²) in [5, 5.41) is 1.80. The Bertz CT molecular complexity index is 880. The number of hydrogen-bond donors (Lipinski definition) is 0. The van der Waals surface area contributed by atoms with E-state index < -0.39 is 0 Å². The highest BCUT2D eigenvalue weighted by atomic mass is 35.5. The van der Waals surface area contributed by atoms with E-state index in [9.17, 15) is 4.79 Å². The Morgan fingerprint density at radius 3 is 2.52 bits per heavy atom. The van der Waals surface area contributed by atoms with E-state index in [1.165, 1.54) is 0 Å². The Morgan fingerprint density at radius 1 is 1.00 bits per heavy atom. The zero-order valence-electron chi connectivity index (χ0n) is 12.1. The molecule has 3 heteroatoms. The minimum atomic E-state index is 0.00854. The van der Waals surface area contributed by atoms with E-state index in [2.05, 4.69) is 6.07 Å². The molecule has 0 spiro atoms. The molecule has 0 aliphatic heterocycles. The van der Waals surface area contributed by atoms with Crippen LogP contribution in [0.25, 0.3) is 10.9 Å². The van der Waals surface area contributed by atoms with Crippen molar-refractivity contribution in [2.45, 2.75) is 20.4 Å². The molecule has 0 atom stereocenters. The van der Waals surface area contributed by atoms with Crippen LogP contribution in [0.2, 0.25) is 5.02 Å². The fourth-order valence-electron chi connectivity index (χ4n) is 2.74. The maximum Gasteiger partial charge on any atom is 0.251 e. The van der Waals surface area contributed by atoms with Crippen molar-refractivity contribution in [3.05, 3.63) is 80.6 Å². The Morgan fingerprint density at radius 2 is 1.76 bits per heavy atom. The molecule has 0 fully saturated rings. The molecule has 3 rings (SSSR count). The predicted octanol–water partition coefficient (Wildman–Crippen LogP) is 4.32. The quantitative estimate of drug-likeness (QED) is 0.690. The van der Waals surface area contributed by atoms with Crippen LogP contribution in [0.5, 0.6) is 0 Å². The third kappa shape index (κ3) is 2.47. The first kappa shape index (κ1) is 13.9. The van der Waals surface area contributed by atoms with Gasteiger partial charge in [0.1, 0.15) is 0 Å². The number of rotatable bonds is 2. The third-order valence-corrected chi connectivity index (χ3v) is 4.19. The first-order chi connectivity index (χ1) is 10.1. The van der Waals surface area contributed by atoms with Gasteiger partial charge in [-0.2, -0.15) is 0 Å². The number of fused-ring (bicyclic) bond motifs is 1. The molecule has 1 heterocycles. The number of benzene rings is 2. The van der Waals surface area contributed by atoms with E-state index in [0.717, 1.165) is 27.6 Å². The first-order valence-electron chi connectivity index (χ1n) is 6.91. The normalized spacial score (nSPS) is 11.0. The van der Waals surface area contributed by atoms with E-state index in [4.69, 9.17) is 11.6 Å². The summed E-state index contributed by atoms with van der Waals surface area (Å²) in [4.78, 5) is 12.4. The third-order valence-electron chi connectivity index (χ3n) is 3.82. The van der Waals surface area contributed by atoms with Crippen LogP contribution >= 0.6 is 11.6 Å². The number of aryl methyl sites for hydroxylation is 2. The van der Waals surface area contributed by atoms with Crippen molar-refractivity contribution >= 4 is 22.5 Å². The monoisotopic (exact) mass is 297 g/mol. The van der Waals surface area contributed by atoms with Crippen LogP contribution < -0.4 is 5.56 Å². The van der Waals surface area contributed by atoms with Crippen molar-refractivity contribution in [2.24, 2.45) is 0 Å². The molecular weight excluding hydrogens is 282 g/mol. The lowest BCUT2D eigenvalue weighted by Crippen LogP contribution is -2.21. The molecule has 0 bridgehead atoms. The molecule has 0 aliphatic rings. The van der Waals surface area contributed by atoms with Gasteiger partial charge >= 0.3 is 0 Å². The van der Waals surface area contributed by atoms with Crippen LogP contribution in [-0.2, 0) is 6.54 Å². The molecular formula is C18H16ClNO. The van der Waals surface area contributed by atoms with Crippen LogP contribution in [-0.4, -0.2) is 4.57 Å². The average molecular weight is 298 g/mol. The maximum atomic E-state index is 12.4. The Kier molecular flexibility index (Phi) is 3.56. The van der Waals surface area contributed by atoms with E-state index in [0.29, 0.717) is 11.6 Å². The highest BCUT2D eigenvalue weighted by molar-refractivity contribution is 6.31. The van der Waals surface area contributed by atoms with Crippen molar-refractivity contribution in [3.8, 4) is 0 Å². The standard InChI is InChI=1S/C18H16ClNO/c1-12-6-5-8-15-13(2)10-17(21)20(18(12)15)11-14-7-3-4-9-16(14)19/h3-10H,11H2,1-2H3. The first-order valence-corrected chi connectivity index (χ1v) is 7.29. The summed E-state index contributed by atoms with van der Waals surface area (Å²) >= 11 is 6.23. The molecule has 0 saturated carbocycles. The minimum absolute atomic E-state index is 0.00854. The highest BCUT2D eigenvalue weighted by Gasteiger charge is 2.10. The summed E-state index contributed by atoms with van der Waals surface area (Å²) in [6, 6.07) is 15.4. The zero-order valence-corrected chi connectivity index (χ0v) is 12.8. The summed E-state index contributed by atoms with van der Waals surface area (Å²) in [6.07, 6.45) is 0. The SMILES string of the molecule is Cc1cc(=O)n(Cc2ccccc2Cl)c2c(C)cccc12. The molecule has 0 amide bonds. The number of halogens is 1. The largest absolute Gasteiger partial charge is 0.304 e. The van der Waals surface area contributed by atoms with Crippen molar-refractivity contribution < 1.29 is 0 Å². The molecule has 3 aromatic rings. The van der Waals surface area contributed by atoms with E-state index in [1.807, 2.05) is 50.2 Å². The lowest BCUT2D eigenvalue weighted by molar-refractivity contribution is 0.791. The molecule has 2 nitrogen and oxygen atoms in total. The van der Waals surface area contributed by atoms with Gasteiger partial charge in [0, 0.05) is 16.5 Å². The zero-order chi connectivity index (χ0) is 15.0. The number of para-hydroxylation sites is 1. The van der Waals surface area contributed by atoms with E-state index in [1.54, 1.807) is 10.6 Å². The maximum absolute atomic E-state index is 12.4. The summed E-state index contributed by atoms with van der Waals surface area (Å²) < 4.78 is 1.80. The second kappa shape index (κ2) is 5.38. The van der Waals surface area contributed by atoms with Crippen LogP contribution in [0, 0.1) is 13.8 Å². The fourth-order valence-corrected chi connectivity index (χ4v) is 2.94. The summed E-state index contributed by atoms with van der Waals surface area (Å²) in [7, 11) is 0. The van der Waals surface area contributed by atoms with Gasteiger partial charge in [0.15, 0.2) is 0 Å². The van der Waals surface area contributed by atoms with Gasteiger partial charge in [-0.3, -0.25) is 4.79 Å². The molecule has 21 heavy (non-hydrogen) atoms. The molecule has 0 saturated heterocycles. The van der Waals surface area contributed by atoms with Crippen LogP contribution in [0.15, 0.2) is 53.3 Å². The van der Waals surface area contributed by atoms with Gasteiger partial charge in [-0.15, -0.1) is 0 Å². The lowest BCUT2D eigenvalue weighted by atomic mass is 10.1. The molecule has 0 radical (unpaired) electrons. The second-order valence-electron chi connectivity index (χ2n) is 5.31. The molecule has 1 aromatic heterocycles. The molecule has 0 N–H and O–H groups in total. The smallest absolute Gasteiger partial charge is 0.251 e. The van der Waals surface area contributed by atoms with Gasteiger partial charge in [-0.1, -0.05) is 48.0 Å². The topological polar surface area (TPSA) is 22.0 Å². The second-order valence-corrected chi connectivity index (χ2v) is 5.72. The van der Waals surface area contributed by atoms with Crippen LogP contribution in [0.1, 0.15) is 16.7 Å². The molecule has 2 aromatic carbocycles. The highest BCUT2D eigenvalue weighted by Crippen LogP contribution is 2.22. The number of pyridine rings is 1. The van der Waals surface area contributed by atoms with Gasteiger partial charge < -0.3 is 4.57 Å². The van der Waals surface area contributed by atoms with Crippen LogP contribution in [0.3, 0.4) is 0 Å². The number of hydrogen-bond acceptors (Lipinski definition) is 1. The van der Waals surface area contributed by atoms with E-state index in [-0.39, 0.29) is 5.56 Å². The van der Waals surface area contributed by atoms with Gasteiger partial charge in [0.2, 0.25) is 0 Å². The van der Waals surface area contributed by atoms with Crippen molar-refractivity contribution in [1.29, 1.82) is 0 Å². The Hall–Kier alpha value is -2.06. The van der Waals surface area contributed by atoms with Crippen molar-refractivity contribution in [1.82, 2.24) is 4.57 Å². The van der Waals surface area contributed by atoms with Crippen molar-refractivity contribution in [3.63, 3.8) is 0 Å². The molecule has 0 aliphatic carbocycles. The van der Waals surface area contributed by atoms with Crippen LogP contribution in [0.4, 0.5) is 0 Å². The molecule has 106 valence electrons. The lowest BCUT2D eigenvalue weighted by Gasteiger charge is -2.15. The summed E-state index contributed by atoms with van der Waals surface area (Å²) in [5.41, 5.74) is 4.06. The van der Waals surface area contributed by atoms with Gasteiger partial charge in [-0.25, -0.2) is 0 Å². The average Bonchev–Trinajstić information content (AvgIpc) is 2.45. The van der Waals surface area contributed by atoms with Crippen molar-refractivity contribution in [2.75, 3.05) is 0 Å². The van der Waals surface area contributed by atoms with Gasteiger partial charge in [0.25, 0.3) is 5.56 Å². The predicted molar refractivity (Wildman–Crippen MR) is 88.2 cm³/mol. The van der Waals surface area contributed by atoms with E-state index >= 15 is 0 Å². The minimum Gasteiger partial charge on any atom is -0.304 e.